The highest BCUT2D eigenvalue weighted by Gasteiger charge is 2.14. The van der Waals surface area contributed by atoms with Crippen LogP contribution in [0.25, 0.3) is 0 Å². The summed E-state index contributed by atoms with van der Waals surface area (Å²) in [7, 11) is 0. The standard InChI is InChI=1S/C11H17ClN4O3/c1-6(2)5-16-11(19)9(12)7(3-15-16)14-4-8(17)10(13)18/h3,6,8,14,17H,4-5H2,1-2H3,(H2,13,18). The molecule has 106 valence electrons. The first-order valence-corrected chi connectivity index (χ1v) is 6.17. The normalized spacial score (nSPS) is 12.5. The number of hydrogen-bond donors (Lipinski definition) is 3. The van der Waals surface area contributed by atoms with Crippen LogP contribution in [0.1, 0.15) is 13.8 Å². The van der Waals surface area contributed by atoms with Gasteiger partial charge in [0.05, 0.1) is 11.9 Å². The van der Waals surface area contributed by atoms with Gasteiger partial charge in [-0.05, 0) is 5.92 Å². The zero-order chi connectivity index (χ0) is 14.6. The van der Waals surface area contributed by atoms with E-state index in [-0.39, 0.29) is 23.2 Å². The lowest BCUT2D eigenvalue weighted by molar-refractivity contribution is -0.125. The smallest absolute Gasteiger partial charge is 0.287 e. The van der Waals surface area contributed by atoms with E-state index in [1.165, 1.54) is 10.9 Å². The summed E-state index contributed by atoms with van der Waals surface area (Å²) in [6, 6.07) is 0. The molecule has 0 aliphatic rings. The molecule has 1 atom stereocenters. The minimum atomic E-state index is -1.35. The number of aromatic nitrogens is 2. The van der Waals surface area contributed by atoms with Gasteiger partial charge in [-0.25, -0.2) is 4.68 Å². The Labute approximate surface area is 115 Å². The molecule has 1 aromatic rings. The molecule has 1 rings (SSSR count). The fourth-order valence-corrected chi connectivity index (χ4v) is 1.58. The van der Waals surface area contributed by atoms with Gasteiger partial charge in [-0.15, -0.1) is 0 Å². The van der Waals surface area contributed by atoms with Crippen molar-refractivity contribution in [3.63, 3.8) is 0 Å². The number of nitrogens with zero attached hydrogens (tertiary/aromatic N) is 2. The second kappa shape index (κ2) is 6.53. The third kappa shape index (κ3) is 4.22. The van der Waals surface area contributed by atoms with Gasteiger partial charge in [0.2, 0.25) is 5.91 Å². The van der Waals surface area contributed by atoms with E-state index in [9.17, 15) is 14.7 Å². The van der Waals surface area contributed by atoms with Gasteiger partial charge in [0, 0.05) is 13.1 Å². The summed E-state index contributed by atoms with van der Waals surface area (Å²) in [5, 5.41) is 15.8. The molecule has 0 aliphatic carbocycles. The number of rotatable bonds is 6. The zero-order valence-corrected chi connectivity index (χ0v) is 11.5. The summed E-state index contributed by atoms with van der Waals surface area (Å²) in [4.78, 5) is 22.5. The number of aliphatic hydroxyl groups excluding tert-OH is 1. The molecule has 0 radical (unpaired) electrons. The molecule has 0 aliphatic heterocycles. The Morgan fingerprint density at radius 3 is 2.79 bits per heavy atom. The predicted octanol–water partition coefficient (Wildman–Crippen LogP) is -0.189. The first-order chi connectivity index (χ1) is 8.82. The summed E-state index contributed by atoms with van der Waals surface area (Å²) in [6.07, 6.45) is 0.0222. The van der Waals surface area contributed by atoms with Gasteiger partial charge in [0.15, 0.2) is 0 Å². The van der Waals surface area contributed by atoms with Crippen LogP contribution in [0.15, 0.2) is 11.0 Å². The Morgan fingerprint density at radius 2 is 2.26 bits per heavy atom. The second-order valence-corrected chi connectivity index (χ2v) is 4.93. The number of hydrogen-bond acceptors (Lipinski definition) is 5. The van der Waals surface area contributed by atoms with E-state index in [0.29, 0.717) is 6.54 Å². The van der Waals surface area contributed by atoms with Gasteiger partial charge in [-0.3, -0.25) is 9.59 Å². The maximum Gasteiger partial charge on any atom is 0.287 e. The van der Waals surface area contributed by atoms with Crippen molar-refractivity contribution in [2.24, 2.45) is 11.7 Å². The molecule has 1 aromatic heterocycles. The topological polar surface area (TPSA) is 110 Å². The summed E-state index contributed by atoms with van der Waals surface area (Å²) in [5.41, 5.74) is 4.74. The molecule has 0 bridgehead atoms. The van der Waals surface area contributed by atoms with Crippen molar-refractivity contribution in [1.29, 1.82) is 0 Å². The number of nitrogens with one attached hydrogen (secondary N) is 1. The largest absolute Gasteiger partial charge is 0.381 e. The molecule has 1 amide bonds. The van der Waals surface area contributed by atoms with Crippen LogP contribution >= 0.6 is 11.6 Å². The maximum atomic E-state index is 11.9. The van der Waals surface area contributed by atoms with E-state index in [4.69, 9.17) is 17.3 Å². The highest BCUT2D eigenvalue weighted by Crippen LogP contribution is 2.15. The molecule has 1 unspecified atom stereocenters. The molecule has 0 saturated carbocycles. The lowest BCUT2D eigenvalue weighted by Gasteiger charge is -2.12. The Balaban J connectivity index is 2.85. The summed E-state index contributed by atoms with van der Waals surface area (Å²) >= 11 is 5.91. The molecule has 8 heteroatoms. The Morgan fingerprint density at radius 1 is 1.63 bits per heavy atom. The minimum Gasteiger partial charge on any atom is -0.381 e. The first kappa shape index (κ1) is 15.5. The van der Waals surface area contributed by atoms with Gasteiger partial charge in [0.25, 0.3) is 5.56 Å². The average molecular weight is 289 g/mol. The van der Waals surface area contributed by atoms with Crippen LogP contribution in [0, 0.1) is 5.92 Å². The molecule has 4 N–H and O–H groups in total. The molecule has 0 saturated heterocycles. The lowest BCUT2D eigenvalue weighted by atomic mass is 10.2. The second-order valence-electron chi connectivity index (χ2n) is 4.55. The summed E-state index contributed by atoms with van der Waals surface area (Å²) in [5.74, 6) is -0.596. The van der Waals surface area contributed by atoms with E-state index >= 15 is 0 Å². The third-order valence-corrected chi connectivity index (χ3v) is 2.70. The van der Waals surface area contributed by atoms with Crippen molar-refractivity contribution < 1.29 is 9.90 Å². The van der Waals surface area contributed by atoms with E-state index in [1.54, 1.807) is 0 Å². The lowest BCUT2D eigenvalue weighted by Crippen LogP contribution is -2.35. The van der Waals surface area contributed by atoms with Crippen LogP contribution in [-0.4, -0.2) is 33.4 Å². The quantitative estimate of drug-likeness (QED) is 0.672. The van der Waals surface area contributed by atoms with Crippen molar-refractivity contribution in [1.82, 2.24) is 9.78 Å². The maximum absolute atomic E-state index is 11.9. The van der Waals surface area contributed by atoms with Crippen molar-refractivity contribution in [2.75, 3.05) is 11.9 Å². The average Bonchev–Trinajstić information content (AvgIpc) is 2.33. The fraction of sp³-hybridized carbons (Fsp3) is 0.545. The van der Waals surface area contributed by atoms with Crippen LogP contribution in [0.3, 0.4) is 0 Å². The Kier molecular flexibility index (Phi) is 5.31. The van der Waals surface area contributed by atoms with Crippen LogP contribution in [0.5, 0.6) is 0 Å². The molecule has 0 aromatic carbocycles. The number of aliphatic hydroxyl groups is 1. The number of carbonyl (C=O) groups is 1. The van der Waals surface area contributed by atoms with E-state index in [1.807, 2.05) is 13.8 Å². The molecule has 19 heavy (non-hydrogen) atoms. The van der Waals surface area contributed by atoms with Crippen LogP contribution in [-0.2, 0) is 11.3 Å². The summed E-state index contributed by atoms with van der Waals surface area (Å²) < 4.78 is 1.27. The number of anilines is 1. The van der Waals surface area contributed by atoms with Crippen molar-refractivity contribution in [2.45, 2.75) is 26.5 Å². The van der Waals surface area contributed by atoms with Gasteiger partial charge in [-0.2, -0.15) is 5.10 Å². The molecule has 0 fully saturated rings. The number of amides is 1. The number of carbonyl (C=O) groups excluding carboxylic acids is 1. The zero-order valence-electron chi connectivity index (χ0n) is 10.8. The first-order valence-electron chi connectivity index (χ1n) is 5.79. The SMILES string of the molecule is CC(C)Cn1ncc(NCC(O)C(N)=O)c(Cl)c1=O. The van der Waals surface area contributed by atoms with Crippen molar-refractivity contribution in [3.05, 3.63) is 21.6 Å². The molecule has 7 nitrogen and oxygen atoms in total. The van der Waals surface area contributed by atoms with E-state index < -0.39 is 17.6 Å². The number of halogens is 1. The molecular weight excluding hydrogens is 272 g/mol. The van der Waals surface area contributed by atoms with Crippen LogP contribution in [0.2, 0.25) is 5.02 Å². The predicted molar refractivity (Wildman–Crippen MR) is 72.0 cm³/mol. The van der Waals surface area contributed by atoms with E-state index in [2.05, 4.69) is 10.4 Å². The minimum absolute atomic E-state index is 0.0349. The monoisotopic (exact) mass is 288 g/mol. The summed E-state index contributed by atoms with van der Waals surface area (Å²) in [6.45, 7) is 4.24. The van der Waals surface area contributed by atoms with Crippen molar-refractivity contribution in [3.8, 4) is 0 Å². The fourth-order valence-electron chi connectivity index (χ4n) is 1.37. The van der Waals surface area contributed by atoms with Crippen LogP contribution in [0.4, 0.5) is 5.69 Å². The van der Waals surface area contributed by atoms with Gasteiger partial charge < -0.3 is 16.2 Å². The Bertz CT molecular complexity index is 515. The van der Waals surface area contributed by atoms with E-state index in [0.717, 1.165) is 0 Å². The van der Waals surface area contributed by atoms with Gasteiger partial charge >= 0.3 is 0 Å². The highest BCUT2D eigenvalue weighted by molar-refractivity contribution is 6.32. The number of primary amides is 1. The third-order valence-electron chi connectivity index (χ3n) is 2.34. The molecular formula is C11H17ClN4O3. The molecule has 0 spiro atoms. The highest BCUT2D eigenvalue weighted by atomic mass is 35.5. The van der Waals surface area contributed by atoms with Crippen molar-refractivity contribution >= 4 is 23.2 Å². The van der Waals surface area contributed by atoms with Crippen LogP contribution < -0.4 is 16.6 Å². The van der Waals surface area contributed by atoms with Gasteiger partial charge in [-0.1, -0.05) is 25.4 Å². The number of nitrogens with two attached hydrogens (primary N) is 1. The Hall–Kier alpha value is -1.60. The van der Waals surface area contributed by atoms with Gasteiger partial charge in [0.1, 0.15) is 11.1 Å². The molecule has 1 heterocycles.